The molecule has 4 aromatic rings. The second kappa shape index (κ2) is 9.84. The number of hydrogen-bond acceptors (Lipinski definition) is 6. The van der Waals surface area contributed by atoms with Crippen molar-refractivity contribution in [3.05, 3.63) is 82.9 Å². The number of aromatic nitrogens is 3. The standard InChI is InChI=1S/C25H19F3N6O4/c26-25(27,28)15-3-1-2-13(6-15)8-30-23(36)16-10-29-21-20(16)32-12-33-22(21)24(37)31-9-14-4-5-18-17(7-14)34-19(35)11-38-18/h1-7,10,12,29H,8-9,11H2,(H,30,36)(H,31,37)(H,34,35). The third kappa shape index (κ3) is 5.12. The molecule has 2 aromatic heterocycles. The van der Waals surface area contributed by atoms with Crippen LogP contribution in [0.2, 0.25) is 0 Å². The third-order valence-electron chi connectivity index (χ3n) is 5.76. The summed E-state index contributed by atoms with van der Waals surface area (Å²) in [5.41, 5.74) is 1.18. The van der Waals surface area contributed by atoms with Crippen LogP contribution in [0.15, 0.2) is 55.0 Å². The lowest BCUT2D eigenvalue weighted by Gasteiger charge is -2.18. The van der Waals surface area contributed by atoms with Crippen LogP contribution in [0.25, 0.3) is 11.0 Å². The molecule has 1 aliphatic rings. The predicted octanol–water partition coefficient (Wildman–Crippen LogP) is 3.17. The maximum atomic E-state index is 12.9. The minimum atomic E-state index is -4.49. The number of amides is 3. The molecule has 5 rings (SSSR count). The topological polar surface area (TPSA) is 138 Å². The summed E-state index contributed by atoms with van der Waals surface area (Å²) in [6, 6.07) is 9.77. The number of carbonyl (C=O) groups excluding carboxylic acids is 3. The number of aromatic amines is 1. The number of H-pyrrole nitrogens is 1. The molecule has 2 aromatic carbocycles. The predicted molar refractivity (Wildman–Crippen MR) is 128 cm³/mol. The van der Waals surface area contributed by atoms with E-state index in [0.717, 1.165) is 18.5 Å². The van der Waals surface area contributed by atoms with E-state index >= 15 is 0 Å². The summed E-state index contributed by atoms with van der Waals surface area (Å²) in [6.07, 6.45) is -2.00. The molecule has 0 unspecified atom stereocenters. The first-order chi connectivity index (χ1) is 18.2. The van der Waals surface area contributed by atoms with Crippen molar-refractivity contribution in [1.29, 1.82) is 0 Å². The highest BCUT2D eigenvalue weighted by Crippen LogP contribution is 2.30. The Morgan fingerprint density at radius 2 is 1.76 bits per heavy atom. The summed E-state index contributed by atoms with van der Waals surface area (Å²) in [5.74, 6) is -0.865. The van der Waals surface area contributed by atoms with Crippen LogP contribution in [0.3, 0.4) is 0 Å². The van der Waals surface area contributed by atoms with Gasteiger partial charge in [-0.15, -0.1) is 0 Å². The van der Waals surface area contributed by atoms with Crippen LogP contribution in [0.4, 0.5) is 18.9 Å². The number of alkyl halides is 3. The fourth-order valence-electron chi connectivity index (χ4n) is 3.93. The van der Waals surface area contributed by atoms with Crippen LogP contribution in [0.5, 0.6) is 5.75 Å². The lowest BCUT2D eigenvalue weighted by Crippen LogP contribution is -2.26. The molecule has 0 spiro atoms. The molecule has 0 saturated carbocycles. The molecule has 1 aliphatic heterocycles. The Bertz CT molecular complexity index is 1570. The van der Waals surface area contributed by atoms with E-state index in [0.29, 0.717) is 17.0 Å². The molecule has 0 aliphatic carbocycles. The number of carbonyl (C=O) groups is 3. The van der Waals surface area contributed by atoms with Gasteiger partial charge in [-0.2, -0.15) is 13.2 Å². The summed E-state index contributed by atoms with van der Waals surface area (Å²) >= 11 is 0. The van der Waals surface area contributed by atoms with Gasteiger partial charge in [0.15, 0.2) is 12.3 Å². The number of anilines is 1. The fourth-order valence-corrected chi connectivity index (χ4v) is 3.93. The Labute approximate surface area is 212 Å². The minimum Gasteiger partial charge on any atom is -0.482 e. The molecule has 3 amide bonds. The molecule has 194 valence electrons. The number of benzene rings is 2. The molecule has 3 heterocycles. The molecule has 0 fully saturated rings. The zero-order chi connectivity index (χ0) is 26.9. The third-order valence-corrected chi connectivity index (χ3v) is 5.76. The van der Waals surface area contributed by atoms with Crippen LogP contribution in [-0.4, -0.2) is 39.3 Å². The molecular weight excluding hydrogens is 505 g/mol. The Balaban J connectivity index is 1.27. The van der Waals surface area contributed by atoms with Gasteiger partial charge in [0.1, 0.15) is 17.6 Å². The Morgan fingerprint density at radius 1 is 1.00 bits per heavy atom. The second-order valence-corrected chi connectivity index (χ2v) is 8.38. The van der Waals surface area contributed by atoms with Crippen molar-refractivity contribution in [2.24, 2.45) is 0 Å². The van der Waals surface area contributed by atoms with Gasteiger partial charge in [0, 0.05) is 19.3 Å². The van der Waals surface area contributed by atoms with E-state index in [2.05, 4.69) is 30.9 Å². The lowest BCUT2D eigenvalue weighted by molar-refractivity contribution is -0.137. The maximum absolute atomic E-state index is 12.9. The van der Waals surface area contributed by atoms with Crippen molar-refractivity contribution in [2.45, 2.75) is 19.3 Å². The SMILES string of the molecule is O=C1COc2ccc(CNC(=O)c3ncnc4c(C(=O)NCc5cccc(C(F)(F)F)c5)c[nH]c34)cc2N1. The Hall–Kier alpha value is -4.94. The molecule has 38 heavy (non-hydrogen) atoms. The first-order valence-corrected chi connectivity index (χ1v) is 11.3. The van der Waals surface area contributed by atoms with Crippen molar-refractivity contribution < 1.29 is 32.3 Å². The van der Waals surface area contributed by atoms with Gasteiger partial charge in [-0.3, -0.25) is 14.4 Å². The summed E-state index contributed by atoms with van der Waals surface area (Å²) in [5, 5.41) is 8.00. The number of rotatable bonds is 6. The smallest absolute Gasteiger partial charge is 0.416 e. The fraction of sp³-hybridized carbons (Fsp3) is 0.160. The number of nitrogens with one attached hydrogen (secondary N) is 4. The monoisotopic (exact) mass is 524 g/mol. The number of fused-ring (bicyclic) bond motifs is 2. The van der Waals surface area contributed by atoms with Gasteiger partial charge in [-0.1, -0.05) is 18.2 Å². The first kappa shape index (κ1) is 24.7. The molecule has 13 heteroatoms. The van der Waals surface area contributed by atoms with Crippen molar-refractivity contribution >= 4 is 34.4 Å². The van der Waals surface area contributed by atoms with Crippen LogP contribution < -0.4 is 20.7 Å². The number of hydrogen-bond donors (Lipinski definition) is 4. The largest absolute Gasteiger partial charge is 0.482 e. The highest BCUT2D eigenvalue weighted by molar-refractivity contribution is 6.10. The van der Waals surface area contributed by atoms with Crippen molar-refractivity contribution in [1.82, 2.24) is 25.6 Å². The normalized spacial score (nSPS) is 12.9. The molecule has 0 bridgehead atoms. The average molecular weight is 524 g/mol. The van der Waals surface area contributed by atoms with Crippen molar-refractivity contribution in [3.8, 4) is 5.75 Å². The summed E-state index contributed by atoms with van der Waals surface area (Å²) < 4.78 is 44.1. The Kier molecular flexibility index (Phi) is 6.41. The van der Waals surface area contributed by atoms with Gasteiger partial charge >= 0.3 is 6.18 Å². The number of ether oxygens (including phenoxy) is 1. The number of nitrogens with zero attached hydrogens (tertiary/aromatic N) is 2. The van der Waals surface area contributed by atoms with E-state index in [-0.39, 0.29) is 53.5 Å². The van der Waals surface area contributed by atoms with Gasteiger partial charge in [0.2, 0.25) is 0 Å². The highest BCUT2D eigenvalue weighted by Gasteiger charge is 2.30. The van der Waals surface area contributed by atoms with E-state index in [1.165, 1.54) is 18.3 Å². The van der Waals surface area contributed by atoms with Crippen LogP contribution in [0.1, 0.15) is 37.5 Å². The molecule has 4 N–H and O–H groups in total. The zero-order valence-corrected chi connectivity index (χ0v) is 19.5. The van der Waals surface area contributed by atoms with Crippen LogP contribution in [-0.2, 0) is 24.1 Å². The highest BCUT2D eigenvalue weighted by atomic mass is 19.4. The average Bonchev–Trinajstić information content (AvgIpc) is 3.34. The van der Waals surface area contributed by atoms with E-state index < -0.39 is 23.6 Å². The van der Waals surface area contributed by atoms with E-state index in [1.54, 1.807) is 18.2 Å². The first-order valence-electron chi connectivity index (χ1n) is 11.3. The Morgan fingerprint density at radius 3 is 2.55 bits per heavy atom. The van der Waals surface area contributed by atoms with Crippen molar-refractivity contribution in [2.75, 3.05) is 11.9 Å². The summed E-state index contributed by atoms with van der Waals surface area (Å²) in [7, 11) is 0. The second-order valence-electron chi connectivity index (χ2n) is 8.38. The number of halogens is 3. The summed E-state index contributed by atoms with van der Waals surface area (Å²) in [4.78, 5) is 48.1. The zero-order valence-electron chi connectivity index (χ0n) is 19.5. The molecule has 0 atom stereocenters. The van der Waals surface area contributed by atoms with Crippen LogP contribution in [0, 0.1) is 0 Å². The summed E-state index contributed by atoms with van der Waals surface area (Å²) in [6.45, 7) is -0.0765. The van der Waals surface area contributed by atoms with Gasteiger partial charge in [-0.05, 0) is 35.4 Å². The lowest BCUT2D eigenvalue weighted by atomic mass is 10.1. The van der Waals surface area contributed by atoms with Gasteiger partial charge < -0.3 is 25.7 Å². The molecular formula is C25H19F3N6O4. The maximum Gasteiger partial charge on any atom is 0.416 e. The van der Waals surface area contributed by atoms with Crippen LogP contribution >= 0.6 is 0 Å². The molecule has 0 radical (unpaired) electrons. The quantitative estimate of drug-likeness (QED) is 0.306. The molecule has 0 saturated heterocycles. The van der Waals surface area contributed by atoms with Gasteiger partial charge in [0.05, 0.1) is 22.3 Å². The minimum absolute atomic E-state index is 0.00141. The van der Waals surface area contributed by atoms with E-state index in [9.17, 15) is 27.6 Å². The van der Waals surface area contributed by atoms with Crippen molar-refractivity contribution in [3.63, 3.8) is 0 Å². The molecule has 10 nitrogen and oxygen atoms in total. The van der Waals surface area contributed by atoms with Gasteiger partial charge in [-0.25, -0.2) is 9.97 Å². The van der Waals surface area contributed by atoms with E-state index in [1.807, 2.05) is 0 Å². The van der Waals surface area contributed by atoms with Gasteiger partial charge in [0.25, 0.3) is 17.7 Å². The van der Waals surface area contributed by atoms with E-state index in [4.69, 9.17) is 4.74 Å².